The molecule has 0 aliphatic heterocycles. The highest BCUT2D eigenvalue weighted by atomic mass is 32.2. The summed E-state index contributed by atoms with van der Waals surface area (Å²) in [6.07, 6.45) is 19.4. The molecule has 2 N–H and O–H groups in total. The van der Waals surface area contributed by atoms with Gasteiger partial charge in [0.15, 0.2) is 8.32 Å². The maximum absolute atomic E-state index is 12.0. The normalized spacial score (nSPS) is 32.3. The van der Waals surface area contributed by atoms with E-state index in [0.717, 1.165) is 30.4 Å². The SMILES string of the molecule is C=C1C(=CC=C2CCC[C@]3(C)C(CC)=CC[C@@H]23)C[C@](O)(SCC=CC(O)(CC)CC)C[C@@H]1O[Si](C)(C)C(C)(C)C. The zero-order valence-electron chi connectivity index (χ0n) is 27.0. The number of allylic oxidation sites excluding steroid dienone is 5. The van der Waals surface area contributed by atoms with Gasteiger partial charge in [0.25, 0.3) is 0 Å². The standard InChI is InChI=1S/C35H58O3SSi/c1-11-29-19-20-30-27(16-14-21-33(29,30)8)17-18-28-24-35(37,39-23-15-22-34(36,12-2)13-3)25-31(26(28)4)38-40(9,10)32(5,6)7/h15,17-19,22,30-31,36-37H,4,11-14,16,20-21,23-25H2,1-3,5-10H3/t30-,31-,33+,35-/m0/s1. The fourth-order valence-corrected chi connectivity index (χ4v) is 8.96. The van der Waals surface area contributed by atoms with Gasteiger partial charge in [0.1, 0.15) is 4.93 Å². The van der Waals surface area contributed by atoms with Crippen molar-refractivity contribution in [2.75, 3.05) is 5.75 Å². The first-order valence-electron chi connectivity index (χ1n) is 15.8. The topological polar surface area (TPSA) is 49.7 Å². The van der Waals surface area contributed by atoms with Crippen LogP contribution in [0.5, 0.6) is 0 Å². The maximum Gasteiger partial charge on any atom is 0.192 e. The first kappa shape index (κ1) is 33.6. The Morgan fingerprint density at radius 1 is 1.18 bits per heavy atom. The largest absolute Gasteiger partial charge is 0.410 e. The Hall–Kier alpha value is -0.853. The van der Waals surface area contributed by atoms with Crippen molar-refractivity contribution in [3.8, 4) is 0 Å². The van der Waals surface area contributed by atoms with Crippen molar-refractivity contribution in [3.63, 3.8) is 0 Å². The molecule has 5 heteroatoms. The summed E-state index contributed by atoms with van der Waals surface area (Å²) in [5.41, 5.74) is 4.88. The number of hydrogen-bond acceptors (Lipinski definition) is 4. The van der Waals surface area contributed by atoms with Gasteiger partial charge in [-0.2, -0.15) is 0 Å². The van der Waals surface area contributed by atoms with E-state index in [-0.39, 0.29) is 11.1 Å². The predicted molar refractivity (Wildman–Crippen MR) is 177 cm³/mol. The van der Waals surface area contributed by atoms with E-state index >= 15 is 0 Å². The molecule has 0 aromatic carbocycles. The minimum Gasteiger partial charge on any atom is -0.410 e. The number of aliphatic hydroxyl groups is 2. The molecule has 0 aromatic heterocycles. The summed E-state index contributed by atoms with van der Waals surface area (Å²) in [6, 6.07) is 0. The molecule has 0 heterocycles. The van der Waals surface area contributed by atoms with Crippen LogP contribution >= 0.6 is 11.8 Å². The average molecular weight is 587 g/mol. The summed E-state index contributed by atoms with van der Waals surface area (Å²) in [5, 5.41) is 22.7. The van der Waals surface area contributed by atoms with Crippen LogP contribution in [0.15, 0.2) is 59.3 Å². The highest BCUT2D eigenvalue weighted by Crippen LogP contribution is 2.55. The van der Waals surface area contributed by atoms with Gasteiger partial charge in [0.05, 0.1) is 11.7 Å². The third-order valence-corrected chi connectivity index (χ3v) is 16.4. The van der Waals surface area contributed by atoms with Crippen molar-refractivity contribution in [2.45, 2.75) is 141 Å². The van der Waals surface area contributed by atoms with Crippen LogP contribution in [0.1, 0.15) is 106 Å². The monoisotopic (exact) mass is 586 g/mol. The summed E-state index contributed by atoms with van der Waals surface area (Å²) in [4.78, 5) is -0.940. The molecule has 3 aliphatic rings. The fourth-order valence-electron chi connectivity index (χ4n) is 6.64. The Labute approximate surface area is 251 Å². The lowest BCUT2D eigenvalue weighted by atomic mass is 9.64. The van der Waals surface area contributed by atoms with Crippen molar-refractivity contribution in [2.24, 2.45) is 11.3 Å². The van der Waals surface area contributed by atoms with Crippen molar-refractivity contribution >= 4 is 20.1 Å². The number of fused-ring (bicyclic) bond motifs is 1. The molecule has 0 saturated heterocycles. The van der Waals surface area contributed by atoms with E-state index in [1.165, 1.54) is 12.8 Å². The summed E-state index contributed by atoms with van der Waals surface area (Å²) < 4.78 is 6.92. The van der Waals surface area contributed by atoms with E-state index in [0.29, 0.717) is 42.8 Å². The third kappa shape index (κ3) is 7.37. The molecule has 3 aliphatic carbocycles. The Balaban J connectivity index is 1.89. The van der Waals surface area contributed by atoms with Crippen molar-refractivity contribution < 1.29 is 14.6 Å². The van der Waals surface area contributed by atoms with Gasteiger partial charge in [0.2, 0.25) is 0 Å². The Morgan fingerprint density at radius 2 is 1.85 bits per heavy atom. The van der Waals surface area contributed by atoms with E-state index in [4.69, 9.17) is 4.43 Å². The lowest BCUT2D eigenvalue weighted by Crippen LogP contribution is -2.48. The van der Waals surface area contributed by atoms with Crippen LogP contribution in [0.25, 0.3) is 0 Å². The average Bonchev–Trinajstić information content (AvgIpc) is 3.23. The molecule has 226 valence electrons. The molecule has 2 saturated carbocycles. The second-order valence-electron chi connectivity index (χ2n) is 14.3. The Morgan fingerprint density at radius 3 is 2.45 bits per heavy atom. The lowest BCUT2D eigenvalue weighted by Gasteiger charge is -2.45. The summed E-state index contributed by atoms with van der Waals surface area (Å²) in [5.74, 6) is 1.25. The summed E-state index contributed by atoms with van der Waals surface area (Å²) in [6.45, 7) is 24.7. The van der Waals surface area contributed by atoms with Gasteiger partial charge in [-0.15, -0.1) is 11.8 Å². The minimum absolute atomic E-state index is 0.0777. The molecule has 0 aromatic rings. The van der Waals surface area contributed by atoms with Crippen LogP contribution in [0.2, 0.25) is 18.1 Å². The van der Waals surface area contributed by atoms with Gasteiger partial charge in [-0.1, -0.05) is 96.6 Å². The van der Waals surface area contributed by atoms with Gasteiger partial charge in [0, 0.05) is 18.6 Å². The van der Waals surface area contributed by atoms with Gasteiger partial charge in [-0.3, -0.25) is 0 Å². The molecule has 0 spiro atoms. The molecule has 2 fully saturated rings. The molecule has 0 amide bonds. The molecule has 0 radical (unpaired) electrons. The van der Waals surface area contributed by atoms with Crippen LogP contribution in [0, 0.1) is 11.3 Å². The van der Waals surface area contributed by atoms with E-state index in [1.54, 1.807) is 22.9 Å². The highest BCUT2D eigenvalue weighted by molar-refractivity contribution is 8.00. The smallest absolute Gasteiger partial charge is 0.192 e. The second-order valence-corrected chi connectivity index (χ2v) is 20.5. The number of hydrogen-bond donors (Lipinski definition) is 2. The first-order chi connectivity index (χ1) is 18.5. The third-order valence-electron chi connectivity index (χ3n) is 10.7. The first-order valence-corrected chi connectivity index (χ1v) is 19.6. The lowest BCUT2D eigenvalue weighted by molar-refractivity contribution is 0.0650. The predicted octanol–water partition coefficient (Wildman–Crippen LogP) is 9.66. The van der Waals surface area contributed by atoms with Crippen LogP contribution in [-0.4, -0.2) is 40.9 Å². The van der Waals surface area contributed by atoms with Gasteiger partial charge >= 0.3 is 0 Å². The van der Waals surface area contributed by atoms with E-state index in [1.807, 2.05) is 26.0 Å². The summed E-state index contributed by atoms with van der Waals surface area (Å²) >= 11 is 1.57. The number of thioether (sulfide) groups is 1. The molecule has 3 nitrogen and oxygen atoms in total. The van der Waals surface area contributed by atoms with Crippen molar-refractivity contribution in [1.82, 2.24) is 0 Å². The molecule has 0 bridgehead atoms. The minimum atomic E-state index is -2.07. The fraction of sp³-hybridized carbons (Fsp3) is 0.714. The van der Waals surface area contributed by atoms with Crippen LogP contribution in [0.3, 0.4) is 0 Å². The van der Waals surface area contributed by atoms with E-state index < -0.39 is 18.9 Å². The number of rotatable bonds is 10. The van der Waals surface area contributed by atoms with Gasteiger partial charge in [-0.05, 0) is 85.6 Å². The maximum atomic E-state index is 12.0. The molecule has 3 rings (SSSR count). The van der Waals surface area contributed by atoms with Crippen LogP contribution in [-0.2, 0) is 4.43 Å². The Kier molecular flexibility index (Phi) is 10.8. The Bertz CT molecular complexity index is 1040. The van der Waals surface area contributed by atoms with Crippen LogP contribution in [0.4, 0.5) is 0 Å². The van der Waals surface area contributed by atoms with E-state index in [2.05, 4.69) is 72.5 Å². The van der Waals surface area contributed by atoms with Crippen molar-refractivity contribution in [1.29, 1.82) is 0 Å². The van der Waals surface area contributed by atoms with Crippen molar-refractivity contribution in [3.05, 3.63) is 59.3 Å². The van der Waals surface area contributed by atoms with Gasteiger partial charge < -0.3 is 14.6 Å². The van der Waals surface area contributed by atoms with Gasteiger partial charge in [-0.25, -0.2) is 0 Å². The molecule has 40 heavy (non-hydrogen) atoms. The highest BCUT2D eigenvalue weighted by Gasteiger charge is 2.46. The quantitative estimate of drug-likeness (QED) is 0.152. The van der Waals surface area contributed by atoms with E-state index in [9.17, 15) is 10.2 Å². The molecular weight excluding hydrogens is 529 g/mol. The zero-order valence-corrected chi connectivity index (χ0v) is 28.8. The summed E-state index contributed by atoms with van der Waals surface area (Å²) in [7, 11) is -2.07. The molecular formula is C35H58O3SSi. The molecule has 4 atom stereocenters. The molecule has 0 unspecified atom stereocenters. The zero-order chi connectivity index (χ0) is 30.0. The second kappa shape index (κ2) is 12.8. The van der Waals surface area contributed by atoms with Crippen LogP contribution < -0.4 is 0 Å².